The van der Waals surface area contributed by atoms with Gasteiger partial charge in [0.15, 0.2) is 0 Å². The predicted octanol–water partition coefficient (Wildman–Crippen LogP) is 1.86. The predicted molar refractivity (Wildman–Crippen MR) is 61.0 cm³/mol. The summed E-state index contributed by atoms with van der Waals surface area (Å²) in [4.78, 5) is 0. The van der Waals surface area contributed by atoms with Crippen LogP contribution < -0.4 is 5.32 Å². The maximum Gasteiger partial charge on any atom is 0.401 e. The van der Waals surface area contributed by atoms with Gasteiger partial charge in [-0.3, -0.25) is 0 Å². The number of aliphatic hydroxyl groups excluding tert-OH is 1. The van der Waals surface area contributed by atoms with Crippen molar-refractivity contribution in [3.63, 3.8) is 0 Å². The van der Waals surface area contributed by atoms with Gasteiger partial charge in [-0.1, -0.05) is 18.2 Å². The molecule has 0 aliphatic carbocycles. The van der Waals surface area contributed by atoms with E-state index in [4.69, 9.17) is 4.74 Å². The molecular weight excluding hydrogens is 266 g/mol. The molecule has 0 aliphatic heterocycles. The number of hydrogen-bond donors (Lipinski definition) is 2. The molecule has 3 nitrogen and oxygen atoms in total. The van der Waals surface area contributed by atoms with Crippen molar-refractivity contribution in [2.45, 2.75) is 18.9 Å². The molecule has 2 N–H and O–H groups in total. The fourth-order valence-corrected chi connectivity index (χ4v) is 1.36. The molecule has 0 saturated carbocycles. The van der Waals surface area contributed by atoms with Crippen LogP contribution in [0, 0.1) is 5.82 Å². The maximum absolute atomic E-state index is 13.2. The molecule has 0 bridgehead atoms. The van der Waals surface area contributed by atoms with Crippen molar-refractivity contribution in [2.24, 2.45) is 0 Å². The molecule has 19 heavy (non-hydrogen) atoms. The highest BCUT2D eigenvalue weighted by atomic mass is 19.4. The average molecular weight is 281 g/mol. The SMILES string of the molecule is OC(CNCC(F)(F)F)COCc1ccccc1F. The average Bonchev–Trinajstić information content (AvgIpc) is 2.30. The summed E-state index contributed by atoms with van der Waals surface area (Å²) >= 11 is 0. The summed E-state index contributed by atoms with van der Waals surface area (Å²) in [5.74, 6) is -0.424. The number of halogens is 4. The minimum atomic E-state index is -4.31. The second-order valence-corrected chi connectivity index (χ2v) is 4.01. The van der Waals surface area contributed by atoms with Crippen LogP contribution in [0.5, 0.6) is 0 Å². The second-order valence-electron chi connectivity index (χ2n) is 4.01. The first-order chi connectivity index (χ1) is 8.88. The van der Waals surface area contributed by atoms with Gasteiger partial charge in [0.1, 0.15) is 5.82 Å². The molecule has 0 saturated heterocycles. The van der Waals surface area contributed by atoms with E-state index in [2.05, 4.69) is 5.32 Å². The highest BCUT2D eigenvalue weighted by molar-refractivity contribution is 5.16. The van der Waals surface area contributed by atoms with Crippen LogP contribution >= 0.6 is 0 Å². The first-order valence-corrected chi connectivity index (χ1v) is 5.65. The topological polar surface area (TPSA) is 41.5 Å². The molecule has 0 radical (unpaired) electrons. The van der Waals surface area contributed by atoms with Crippen LogP contribution in [0.4, 0.5) is 17.6 Å². The van der Waals surface area contributed by atoms with Crippen LogP contribution in [0.15, 0.2) is 24.3 Å². The van der Waals surface area contributed by atoms with Crippen LogP contribution in [-0.4, -0.2) is 37.1 Å². The fraction of sp³-hybridized carbons (Fsp3) is 0.500. The zero-order valence-electron chi connectivity index (χ0n) is 10.1. The van der Waals surface area contributed by atoms with E-state index in [1.165, 1.54) is 18.2 Å². The smallest absolute Gasteiger partial charge is 0.389 e. The molecule has 0 amide bonds. The van der Waals surface area contributed by atoms with E-state index in [0.29, 0.717) is 5.56 Å². The molecule has 0 aliphatic rings. The Morgan fingerprint density at radius 1 is 1.26 bits per heavy atom. The standard InChI is InChI=1S/C12H15F4NO2/c13-11-4-2-1-3-9(11)6-19-7-10(18)5-17-8-12(14,15)16/h1-4,10,17-18H,5-8H2. The van der Waals surface area contributed by atoms with E-state index in [1.54, 1.807) is 6.07 Å². The lowest BCUT2D eigenvalue weighted by atomic mass is 10.2. The van der Waals surface area contributed by atoms with Gasteiger partial charge in [-0.05, 0) is 6.07 Å². The van der Waals surface area contributed by atoms with Crippen LogP contribution in [-0.2, 0) is 11.3 Å². The van der Waals surface area contributed by atoms with Gasteiger partial charge in [0, 0.05) is 12.1 Å². The summed E-state index contributed by atoms with van der Waals surface area (Å²) in [5.41, 5.74) is 0.331. The molecular formula is C12H15F4NO2. The summed E-state index contributed by atoms with van der Waals surface area (Å²) in [6.45, 7) is -1.61. The highest BCUT2D eigenvalue weighted by Crippen LogP contribution is 2.12. The zero-order chi connectivity index (χ0) is 14.3. The monoisotopic (exact) mass is 281 g/mol. The van der Waals surface area contributed by atoms with E-state index in [0.717, 1.165) is 0 Å². The minimum absolute atomic E-state index is 0.0387. The van der Waals surface area contributed by atoms with Gasteiger partial charge in [-0.2, -0.15) is 13.2 Å². The van der Waals surface area contributed by atoms with Crippen LogP contribution in [0.2, 0.25) is 0 Å². The number of nitrogens with one attached hydrogen (secondary N) is 1. The molecule has 1 rings (SSSR count). The lowest BCUT2D eigenvalue weighted by Gasteiger charge is -2.13. The highest BCUT2D eigenvalue weighted by Gasteiger charge is 2.26. The summed E-state index contributed by atoms with van der Waals surface area (Å²) in [6.07, 6.45) is -5.39. The van der Waals surface area contributed by atoms with Gasteiger partial charge in [-0.25, -0.2) is 4.39 Å². The molecule has 0 spiro atoms. The van der Waals surface area contributed by atoms with Gasteiger partial charge in [0.05, 0.1) is 25.9 Å². The van der Waals surface area contributed by atoms with Crippen molar-refractivity contribution in [1.29, 1.82) is 0 Å². The quantitative estimate of drug-likeness (QED) is 0.750. The molecule has 0 fully saturated rings. The number of ether oxygens (including phenoxy) is 1. The summed E-state index contributed by atoms with van der Waals surface area (Å²) in [6, 6.07) is 5.99. The maximum atomic E-state index is 13.2. The Morgan fingerprint density at radius 2 is 1.95 bits per heavy atom. The third-order valence-corrected chi connectivity index (χ3v) is 2.23. The number of rotatable bonds is 7. The number of aliphatic hydroxyl groups is 1. The molecule has 0 aromatic heterocycles. The van der Waals surface area contributed by atoms with E-state index in [1.807, 2.05) is 0 Å². The van der Waals surface area contributed by atoms with E-state index in [9.17, 15) is 22.7 Å². The van der Waals surface area contributed by atoms with Gasteiger partial charge < -0.3 is 15.2 Å². The van der Waals surface area contributed by atoms with Gasteiger partial charge >= 0.3 is 6.18 Å². The van der Waals surface area contributed by atoms with Gasteiger partial charge in [0.25, 0.3) is 0 Å². The Labute approximate surface area is 108 Å². The summed E-state index contributed by atoms with van der Waals surface area (Å²) in [5, 5.41) is 11.4. The van der Waals surface area contributed by atoms with E-state index in [-0.39, 0.29) is 19.8 Å². The first-order valence-electron chi connectivity index (χ1n) is 5.65. The third-order valence-electron chi connectivity index (χ3n) is 2.23. The number of alkyl halides is 3. The largest absolute Gasteiger partial charge is 0.401 e. The second kappa shape index (κ2) is 7.42. The van der Waals surface area contributed by atoms with Crippen molar-refractivity contribution in [3.05, 3.63) is 35.6 Å². The van der Waals surface area contributed by atoms with Crippen LogP contribution in [0.25, 0.3) is 0 Å². The number of hydrogen-bond acceptors (Lipinski definition) is 3. The first kappa shape index (κ1) is 15.9. The lowest BCUT2D eigenvalue weighted by molar-refractivity contribution is -0.125. The molecule has 0 heterocycles. The van der Waals surface area contributed by atoms with E-state index >= 15 is 0 Å². The number of benzene rings is 1. The third kappa shape index (κ3) is 7.09. The Morgan fingerprint density at radius 3 is 2.58 bits per heavy atom. The Hall–Kier alpha value is -1.18. The minimum Gasteiger partial charge on any atom is -0.389 e. The van der Waals surface area contributed by atoms with Crippen molar-refractivity contribution in [1.82, 2.24) is 5.32 Å². The van der Waals surface area contributed by atoms with Gasteiger partial charge in [0.2, 0.25) is 0 Å². The van der Waals surface area contributed by atoms with Crippen molar-refractivity contribution < 1.29 is 27.4 Å². The molecule has 108 valence electrons. The molecule has 1 atom stereocenters. The molecule has 1 aromatic carbocycles. The van der Waals surface area contributed by atoms with Crippen molar-refractivity contribution >= 4 is 0 Å². The van der Waals surface area contributed by atoms with Crippen molar-refractivity contribution in [2.75, 3.05) is 19.7 Å². The van der Waals surface area contributed by atoms with Crippen molar-refractivity contribution in [3.8, 4) is 0 Å². The lowest BCUT2D eigenvalue weighted by Crippen LogP contribution is -2.36. The molecule has 1 unspecified atom stereocenters. The normalized spacial score (nSPS) is 13.5. The van der Waals surface area contributed by atoms with Crippen LogP contribution in [0.1, 0.15) is 5.56 Å². The summed E-state index contributed by atoms with van der Waals surface area (Å²) in [7, 11) is 0. The fourth-order valence-electron chi connectivity index (χ4n) is 1.36. The molecule has 7 heteroatoms. The van der Waals surface area contributed by atoms with Crippen LogP contribution in [0.3, 0.4) is 0 Å². The Kier molecular flexibility index (Phi) is 6.20. The van der Waals surface area contributed by atoms with E-state index < -0.39 is 24.6 Å². The summed E-state index contributed by atoms with van der Waals surface area (Å²) < 4.78 is 53.6. The zero-order valence-corrected chi connectivity index (χ0v) is 10.1. The van der Waals surface area contributed by atoms with Gasteiger partial charge in [-0.15, -0.1) is 0 Å². The Bertz CT molecular complexity index is 384. The Balaban J connectivity index is 2.17. The molecule has 1 aromatic rings.